The van der Waals surface area contributed by atoms with Crippen molar-refractivity contribution in [1.29, 1.82) is 0 Å². The van der Waals surface area contributed by atoms with Gasteiger partial charge in [0.1, 0.15) is 0 Å². The lowest BCUT2D eigenvalue weighted by Gasteiger charge is -2.26. The molecule has 0 bridgehead atoms. The molecule has 17 heavy (non-hydrogen) atoms. The largest absolute Gasteiger partial charge is 0.641 e. The summed E-state index contributed by atoms with van der Waals surface area (Å²) in [5.41, 5.74) is -0.531. The quantitative estimate of drug-likeness (QED) is 0.428. The number of rotatable bonds is 7. The highest BCUT2D eigenvalue weighted by atomic mass is 32.2. The van der Waals surface area contributed by atoms with Gasteiger partial charge in [-0.1, -0.05) is 20.8 Å². The van der Waals surface area contributed by atoms with Gasteiger partial charge in [-0.25, -0.2) is 0 Å². The third kappa shape index (κ3) is 11.8. The van der Waals surface area contributed by atoms with Gasteiger partial charge in [-0.05, 0) is 20.8 Å². The molecule has 3 nitrogen and oxygen atoms in total. The molecule has 0 heterocycles. The van der Waals surface area contributed by atoms with E-state index in [1.54, 1.807) is 11.8 Å². The summed E-state index contributed by atoms with van der Waals surface area (Å²) in [6.07, 6.45) is 0. The van der Waals surface area contributed by atoms with Gasteiger partial charge >= 0.3 is 7.32 Å². The minimum absolute atomic E-state index is 0.0285. The summed E-state index contributed by atoms with van der Waals surface area (Å²) < 4.78 is 16.6. The predicted octanol–water partition coefficient (Wildman–Crippen LogP) is 3.45. The zero-order valence-corrected chi connectivity index (χ0v) is 13.9. The number of thioether (sulfide) groups is 1. The maximum Gasteiger partial charge on any atom is 0.641 e. The maximum atomic E-state index is 5.67. The van der Waals surface area contributed by atoms with Crippen LogP contribution in [0.25, 0.3) is 0 Å². The lowest BCUT2D eigenvalue weighted by molar-refractivity contribution is 0.0816. The summed E-state index contributed by atoms with van der Waals surface area (Å²) in [6, 6.07) is 0. The first-order chi connectivity index (χ1) is 7.60. The van der Waals surface area contributed by atoms with Gasteiger partial charge in [0, 0.05) is 4.75 Å². The molecule has 0 fully saturated rings. The lowest BCUT2D eigenvalue weighted by atomic mass is 10.2. The average molecular weight is 298 g/mol. The minimum Gasteiger partial charge on any atom is -0.374 e. The fourth-order valence-corrected chi connectivity index (χ4v) is 2.44. The average Bonchev–Trinajstić information content (AvgIpc) is 1.95. The molecule has 0 saturated carbocycles. The SMILES string of the molecule is CC(S)OB(OC(C)S)OC(C)SC(C)(C)C. The third-order valence-corrected chi connectivity index (χ3v) is 2.83. The molecule has 0 saturated heterocycles. The van der Waals surface area contributed by atoms with Crippen LogP contribution in [0.3, 0.4) is 0 Å². The monoisotopic (exact) mass is 298 g/mol. The molecule has 0 radical (unpaired) electrons. The normalized spacial score (nSPS) is 17.6. The molecule has 7 heteroatoms. The number of hydrogen-bond acceptors (Lipinski definition) is 6. The molecule has 0 amide bonds. The summed E-state index contributed by atoms with van der Waals surface area (Å²) in [7, 11) is -0.736. The van der Waals surface area contributed by atoms with Crippen LogP contribution in [0.5, 0.6) is 0 Å². The van der Waals surface area contributed by atoms with Gasteiger partial charge in [-0.3, -0.25) is 0 Å². The van der Waals surface area contributed by atoms with Crippen LogP contribution in [0.2, 0.25) is 0 Å². The van der Waals surface area contributed by atoms with Crippen molar-refractivity contribution < 1.29 is 14.0 Å². The van der Waals surface area contributed by atoms with Crippen LogP contribution in [0.15, 0.2) is 0 Å². The molecule has 0 aromatic heterocycles. The Kier molecular flexibility index (Phi) is 8.70. The van der Waals surface area contributed by atoms with Crippen LogP contribution in [0.4, 0.5) is 0 Å². The first-order valence-corrected chi connectivity index (χ1v) is 7.51. The zero-order chi connectivity index (χ0) is 13.6. The zero-order valence-electron chi connectivity index (χ0n) is 11.3. The van der Waals surface area contributed by atoms with Crippen molar-refractivity contribution in [3.05, 3.63) is 0 Å². The highest BCUT2D eigenvalue weighted by molar-refractivity contribution is 8.01. The van der Waals surface area contributed by atoms with Crippen LogP contribution in [0, 0.1) is 0 Å². The second kappa shape index (κ2) is 8.22. The maximum absolute atomic E-state index is 5.67. The molecule has 0 aliphatic rings. The van der Waals surface area contributed by atoms with E-state index in [0.29, 0.717) is 0 Å². The highest BCUT2D eigenvalue weighted by Gasteiger charge is 2.29. The molecule has 0 aliphatic heterocycles. The Labute approximate surface area is 121 Å². The smallest absolute Gasteiger partial charge is 0.374 e. The Morgan fingerprint density at radius 1 is 0.941 bits per heavy atom. The van der Waals surface area contributed by atoms with Crippen molar-refractivity contribution in [2.45, 2.75) is 62.6 Å². The molecule has 0 aromatic rings. The Morgan fingerprint density at radius 3 is 1.65 bits per heavy atom. The molecular formula is C10H23BO3S3. The van der Waals surface area contributed by atoms with Crippen LogP contribution in [-0.2, 0) is 14.0 Å². The van der Waals surface area contributed by atoms with Crippen LogP contribution in [-0.4, -0.2) is 28.4 Å². The molecule has 3 atom stereocenters. The first kappa shape index (κ1) is 18.0. The van der Waals surface area contributed by atoms with E-state index in [0.717, 1.165) is 0 Å². The van der Waals surface area contributed by atoms with Crippen LogP contribution in [0.1, 0.15) is 41.5 Å². The van der Waals surface area contributed by atoms with Crippen molar-refractivity contribution in [2.24, 2.45) is 0 Å². The highest BCUT2D eigenvalue weighted by Crippen LogP contribution is 2.29. The van der Waals surface area contributed by atoms with Gasteiger partial charge in [0.15, 0.2) is 0 Å². The van der Waals surface area contributed by atoms with Crippen LogP contribution >= 0.6 is 37.0 Å². The van der Waals surface area contributed by atoms with Gasteiger partial charge in [0.2, 0.25) is 0 Å². The first-order valence-electron chi connectivity index (χ1n) is 5.60. The third-order valence-electron chi connectivity index (χ3n) is 1.44. The summed E-state index contributed by atoms with van der Waals surface area (Å²) in [4.78, 5) is 0. The second-order valence-corrected chi connectivity index (χ2v) is 8.27. The lowest BCUT2D eigenvalue weighted by Crippen LogP contribution is -2.34. The standard InChI is InChI=1S/C10H23BO3S3/c1-7(15)12-11(13-8(2)16)14-9(3)17-10(4,5)6/h7-9,15-16H,1-6H3. The molecule has 102 valence electrons. The molecule has 3 unspecified atom stereocenters. The van der Waals surface area contributed by atoms with Crippen molar-refractivity contribution in [1.82, 2.24) is 0 Å². The van der Waals surface area contributed by atoms with E-state index in [1.165, 1.54) is 0 Å². The fourth-order valence-electron chi connectivity index (χ4n) is 1.10. The summed E-state index contributed by atoms with van der Waals surface area (Å²) in [5.74, 6) is 0. The number of thiol groups is 2. The van der Waals surface area contributed by atoms with E-state index >= 15 is 0 Å². The topological polar surface area (TPSA) is 27.7 Å². The second-order valence-electron chi connectivity index (χ2n) is 4.69. The Balaban J connectivity index is 4.21. The molecular weight excluding hydrogens is 275 g/mol. The van der Waals surface area contributed by atoms with Crippen LogP contribution < -0.4 is 0 Å². The Morgan fingerprint density at radius 2 is 1.35 bits per heavy atom. The predicted molar refractivity (Wildman–Crippen MR) is 82.7 cm³/mol. The van der Waals surface area contributed by atoms with Crippen molar-refractivity contribution >= 4 is 44.3 Å². The molecule has 0 rings (SSSR count). The van der Waals surface area contributed by atoms with E-state index in [9.17, 15) is 0 Å². The van der Waals surface area contributed by atoms with Gasteiger partial charge in [0.25, 0.3) is 0 Å². The van der Waals surface area contributed by atoms with E-state index in [2.05, 4.69) is 46.0 Å². The molecule has 0 aliphatic carbocycles. The Hall–Kier alpha value is 0.995. The van der Waals surface area contributed by atoms with E-state index < -0.39 is 7.32 Å². The van der Waals surface area contributed by atoms with E-state index in [4.69, 9.17) is 14.0 Å². The summed E-state index contributed by atoms with van der Waals surface area (Å²) in [6.45, 7) is 12.0. The van der Waals surface area contributed by atoms with Gasteiger partial charge < -0.3 is 14.0 Å². The van der Waals surface area contributed by atoms with Crippen molar-refractivity contribution in [3.8, 4) is 0 Å². The van der Waals surface area contributed by atoms with E-state index in [-0.39, 0.29) is 21.1 Å². The van der Waals surface area contributed by atoms with Gasteiger partial charge in [-0.2, -0.15) is 0 Å². The Bertz CT molecular complexity index is 199. The molecule has 0 N–H and O–H groups in total. The van der Waals surface area contributed by atoms with E-state index in [1.807, 2.05) is 20.8 Å². The number of hydrogen-bond donors (Lipinski definition) is 2. The van der Waals surface area contributed by atoms with Gasteiger partial charge in [-0.15, -0.1) is 37.0 Å². The molecule has 0 spiro atoms. The molecule has 0 aromatic carbocycles. The fraction of sp³-hybridized carbons (Fsp3) is 1.00. The minimum atomic E-state index is -0.736. The summed E-state index contributed by atoms with van der Waals surface area (Å²) in [5, 5.41) is 0. The summed E-state index contributed by atoms with van der Waals surface area (Å²) >= 11 is 10.0. The van der Waals surface area contributed by atoms with Crippen molar-refractivity contribution in [3.63, 3.8) is 0 Å². The van der Waals surface area contributed by atoms with Gasteiger partial charge in [0.05, 0.1) is 16.3 Å². The van der Waals surface area contributed by atoms with Crippen molar-refractivity contribution in [2.75, 3.05) is 0 Å².